The van der Waals surface area contributed by atoms with E-state index >= 15 is 0 Å². The number of methoxy groups -OCH3 is 1. The number of hydrogen-bond acceptors (Lipinski definition) is 5. The van der Waals surface area contributed by atoms with Gasteiger partial charge in [-0.3, -0.25) is 4.90 Å². The van der Waals surface area contributed by atoms with Crippen molar-refractivity contribution in [2.24, 2.45) is 0 Å². The molecule has 0 aliphatic carbocycles. The Balaban J connectivity index is 1.85. The van der Waals surface area contributed by atoms with Crippen LogP contribution in [0.5, 0.6) is 5.75 Å². The molecular weight excluding hydrogens is 404 g/mol. The Morgan fingerprint density at radius 3 is 2.34 bits per heavy atom. The van der Waals surface area contributed by atoms with Crippen LogP contribution < -0.4 is 4.74 Å². The van der Waals surface area contributed by atoms with Crippen LogP contribution in [0.1, 0.15) is 48.4 Å². The third-order valence-corrected chi connectivity index (χ3v) is 6.16. The number of hydrogen-bond donors (Lipinski definition) is 0. The molecule has 0 saturated carbocycles. The van der Waals surface area contributed by atoms with Gasteiger partial charge in [0.2, 0.25) is 0 Å². The third-order valence-electron chi connectivity index (χ3n) is 6.16. The fourth-order valence-corrected chi connectivity index (χ4v) is 4.46. The molecule has 6 nitrogen and oxygen atoms in total. The first-order chi connectivity index (χ1) is 15.4. The number of pyridine rings is 1. The molecule has 0 amide bonds. The molecule has 1 fully saturated rings. The lowest BCUT2D eigenvalue weighted by atomic mass is 10.0. The maximum atomic E-state index is 12.9. The Morgan fingerprint density at radius 2 is 1.72 bits per heavy atom. The molecule has 3 aromatic rings. The zero-order chi connectivity index (χ0) is 22.8. The van der Waals surface area contributed by atoms with Crippen molar-refractivity contribution in [2.45, 2.75) is 39.8 Å². The fraction of sp³-hybridized carbons (Fsp3) is 0.423. The summed E-state index contributed by atoms with van der Waals surface area (Å²) in [5.74, 6) is 0.552. The molecule has 1 aromatic carbocycles. The van der Waals surface area contributed by atoms with Crippen LogP contribution in [0.25, 0.3) is 16.6 Å². The molecule has 0 spiro atoms. The van der Waals surface area contributed by atoms with E-state index in [-0.39, 0.29) is 18.1 Å². The summed E-state index contributed by atoms with van der Waals surface area (Å²) in [6, 6.07) is 12.2. The summed E-state index contributed by atoms with van der Waals surface area (Å²) in [6.07, 6.45) is 1.99. The smallest absolute Gasteiger partial charge is 0.338 e. The summed E-state index contributed by atoms with van der Waals surface area (Å²) in [4.78, 5) is 15.4. The van der Waals surface area contributed by atoms with Gasteiger partial charge >= 0.3 is 5.97 Å². The van der Waals surface area contributed by atoms with Gasteiger partial charge in [-0.1, -0.05) is 12.1 Å². The lowest BCUT2D eigenvalue weighted by Crippen LogP contribution is -2.39. The Hall–Kier alpha value is -2.83. The minimum absolute atomic E-state index is 0.129. The van der Waals surface area contributed by atoms with Gasteiger partial charge in [-0.2, -0.15) is 0 Å². The molecule has 1 saturated heterocycles. The second-order valence-electron chi connectivity index (χ2n) is 8.60. The Kier molecular flexibility index (Phi) is 6.53. The average molecular weight is 437 g/mol. The SMILES string of the molecule is COc1ccc(-c2cc3cc(C(=O)OC(C)C)c(C)c(C(C)N4CCOCC4)n3c2)cc1. The fourth-order valence-electron chi connectivity index (χ4n) is 4.46. The highest BCUT2D eigenvalue weighted by atomic mass is 16.5. The quantitative estimate of drug-likeness (QED) is 0.516. The van der Waals surface area contributed by atoms with E-state index in [9.17, 15) is 4.79 Å². The van der Waals surface area contributed by atoms with E-state index in [1.54, 1.807) is 7.11 Å². The van der Waals surface area contributed by atoms with Gasteiger partial charge in [-0.15, -0.1) is 0 Å². The molecule has 1 aliphatic heterocycles. The Labute approximate surface area is 189 Å². The second kappa shape index (κ2) is 9.35. The molecule has 0 radical (unpaired) electrons. The maximum Gasteiger partial charge on any atom is 0.338 e. The number of carbonyl (C=O) groups is 1. The van der Waals surface area contributed by atoms with E-state index < -0.39 is 0 Å². The highest BCUT2D eigenvalue weighted by molar-refractivity contribution is 5.93. The van der Waals surface area contributed by atoms with Crippen LogP contribution in [0, 0.1) is 6.92 Å². The maximum absolute atomic E-state index is 12.9. The summed E-state index contributed by atoms with van der Waals surface area (Å²) in [6.45, 7) is 11.2. The van der Waals surface area contributed by atoms with E-state index in [2.05, 4.69) is 40.6 Å². The Morgan fingerprint density at radius 1 is 1.03 bits per heavy atom. The molecular formula is C26H32N2O4. The number of rotatable bonds is 6. The summed E-state index contributed by atoms with van der Waals surface area (Å²) in [5, 5.41) is 0. The van der Waals surface area contributed by atoms with Crippen molar-refractivity contribution in [2.75, 3.05) is 33.4 Å². The van der Waals surface area contributed by atoms with Crippen LogP contribution in [0.15, 0.2) is 42.6 Å². The van der Waals surface area contributed by atoms with Crippen LogP contribution in [0.4, 0.5) is 0 Å². The number of morpholine rings is 1. The van der Waals surface area contributed by atoms with E-state index in [1.807, 2.05) is 39.0 Å². The van der Waals surface area contributed by atoms with Gasteiger partial charge in [0.1, 0.15) is 5.75 Å². The number of esters is 1. The van der Waals surface area contributed by atoms with Crippen LogP contribution in [-0.4, -0.2) is 54.8 Å². The second-order valence-corrected chi connectivity index (χ2v) is 8.60. The number of fused-ring (bicyclic) bond motifs is 1. The van der Waals surface area contributed by atoms with Crippen LogP contribution in [0.2, 0.25) is 0 Å². The largest absolute Gasteiger partial charge is 0.497 e. The van der Waals surface area contributed by atoms with Crippen molar-refractivity contribution in [3.05, 3.63) is 59.4 Å². The van der Waals surface area contributed by atoms with Crippen LogP contribution in [0.3, 0.4) is 0 Å². The number of benzene rings is 1. The number of aromatic nitrogens is 1. The summed E-state index contributed by atoms with van der Waals surface area (Å²) < 4.78 is 18.6. The molecule has 3 heterocycles. The lowest BCUT2D eigenvalue weighted by molar-refractivity contribution is 0.0186. The molecule has 1 aliphatic rings. The monoisotopic (exact) mass is 436 g/mol. The van der Waals surface area contributed by atoms with Crippen molar-refractivity contribution in [3.63, 3.8) is 0 Å². The molecule has 4 rings (SSSR count). The summed E-state index contributed by atoms with van der Waals surface area (Å²) >= 11 is 0. The van der Waals surface area contributed by atoms with Gasteiger partial charge in [-0.25, -0.2) is 4.79 Å². The van der Waals surface area contributed by atoms with Crippen molar-refractivity contribution >= 4 is 11.5 Å². The van der Waals surface area contributed by atoms with Gasteiger partial charge in [-0.05, 0) is 63.1 Å². The van der Waals surface area contributed by atoms with Gasteiger partial charge in [0.05, 0.1) is 32.0 Å². The first-order valence-corrected chi connectivity index (χ1v) is 11.2. The van der Waals surface area contributed by atoms with E-state index in [1.165, 1.54) is 0 Å². The molecule has 1 atom stereocenters. The normalized spacial score (nSPS) is 15.8. The predicted molar refractivity (Wildman–Crippen MR) is 125 cm³/mol. The van der Waals surface area contributed by atoms with E-state index in [0.29, 0.717) is 5.56 Å². The number of carbonyl (C=O) groups excluding carboxylic acids is 1. The zero-order valence-corrected chi connectivity index (χ0v) is 19.6. The topological polar surface area (TPSA) is 52.4 Å². The zero-order valence-electron chi connectivity index (χ0n) is 19.6. The van der Waals surface area contributed by atoms with Gasteiger partial charge in [0.25, 0.3) is 0 Å². The van der Waals surface area contributed by atoms with Gasteiger partial charge in [0.15, 0.2) is 0 Å². The van der Waals surface area contributed by atoms with Crippen LogP contribution >= 0.6 is 0 Å². The third kappa shape index (κ3) is 4.38. The minimum Gasteiger partial charge on any atom is -0.497 e. The molecule has 2 aromatic heterocycles. The van der Waals surface area contributed by atoms with E-state index in [0.717, 1.165) is 60.0 Å². The molecule has 6 heteroatoms. The first kappa shape index (κ1) is 22.4. The van der Waals surface area contributed by atoms with Gasteiger partial charge < -0.3 is 18.6 Å². The van der Waals surface area contributed by atoms with Crippen molar-refractivity contribution in [3.8, 4) is 16.9 Å². The predicted octanol–water partition coefficient (Wildman–Crippen LogP) is 4.88. The Bertz CT molecular complexity index is 1100. The van der Waals surface area contributed by atoms with Gasteiger partial charge in [0, 0.05) is 42.1 Å². The first-order valence-electron chi connectivity index (χ1n) is 11.2. The standard InChI is InChI=1S/C26H32N2O4/c1-17(2)32-26(29)24-15-22-14-21(20-6-8-23(30-5)9-7-20)16-28(22)25(18(24)3)19(4)27-10-12-31-13-11-27/h6-9,14-17,19H,10-13H2,1-5H3. The molecule has 170 valence electrons. The molecule has 32 heavy (non-hydrogen) atoms. The van der Waals surface area contributed by atoms with E-state index in [4.69, 9.17) is 14.2 Å². The van der Waals surface area contributed by atoms with Crippen molar-refractivity contribution in [1.29, 1.82) is 0 Å². The average Bonchev–Trinajstić information content (AvgIpc) is 3.22. The van der Waals surface area contributed by atoms with Crippen LogP contribution in [-0.2, 0) is 9.47 Å². The van der Waals surface area contributed by atoms with Crippen molar-refractivity contribution in [1.82, 2.24) is 9.30 Å². The molecule has 1 unspecified atom stereocenters. The summed E-state index contributed by atoms with van der Waals surface area (Å²) in [5.41, 5.74) is 5.87. The van der Waals surface area contributed by atoms with Crippen molar-refractivity contribution < 1.29 is 19.0 Å². The molecule has 0 bridgehead atoms. The highest BCUT2D eigenvalue weighted by Gasteiger charge is 2.26. The minimum atomic E-state index is -0.275. The molecule has 0 N–H and O–H groups in total. The summed E-state index contributed by atoms with van der Waals surface area (Å²) in [7, 11) is 1.67. The highest BCUT2D eigenvalue weighted by Crippen LogP contribution is 2.33. The lowest BCUT2D eigenvalue weighted by Gasteiger charge is -2.34. The number of ether oxygens (including phenoxy) is 3. The number of nitrogens with zero attached hydrogens (tertiary/aromatic N) is 2.